The number of ether oxygens (including phenoxy) is 1. The Morgan fingerprint density at radius 2 is 2.29 bits per heavy atom. The minimum Gasteiger partial charge on any atom is -0.378 e. The van der Waals surface area contributed by atoms with Crippen LogP contribution in [0.25, 0.3) is 11.2 Å². The first kappa shape index (κ1) is 13.6. The zero-order chi connectivity index (χ0) is 14.7. The van der Waals surface area contributed by atoms with Crippen molar-refractivity contribution < 1.29 is 6.16 Å². The van der Waals surface area contributed by atoms with Crippen molar-refractivity contribution in [2.75, 3.05) is 36.6 Å². The van der Waals surface area contributed by atoms with Crippen molar-refractivity contribution >= 4 is 22.7 Å². The molecule has 1 fully saturated rings. The molecule has 0 unspecified atom stereocenters. The normalized spacial score (nSPS) is 15.1. The number of nitrogens with two attached hydrogens (primary N) is 1. The third-order valence-electron chi connectivity index (χ3n) is 3.52. The van der Waals surface area contributed by atoms with Crippen molar-refractivity contribution in [3.63, 3.8) is 0 Å². The lowest BCUT2D eigenvalue weighted by Gasteiger charge is -2.29. The number of nitrogens with zero attached hydrogens (tertiary/aromatic N) is 5. The number of nitriles is 1. The molecule has 8 nitrogen and oxygen atoms in total. The highest BCUT2D eigenvalue weighted by Crippen LogP contribution is 2.28. The summed E-state index contributed by atoms with van der Waals surface area (Å²) in [5.41, 5.74) is 5.15. The zero-order valence-electron chi connectivity index (χ0n) is 11.6. The van der Waals surface area contributed by atoms with E-state index in [1.807, 2.05) is 10.6 Å². The molecule has 0 aliphatic carbocycles. The SMILES string of the molecule is N#CCCn1cnc2c(N3CCOCC3)cc(NN)nc21.[HH]. The summed E-state index contributed by atoms with van der Waals surface area (Å²) in [4.78, 5) is 11.1. The molecular weight excluding hydrogens is 270 g/mol. The van der Waals surface area contributed by atoms with E-state index < -0.39 is 0 Å². The van der Waals surface area contributed by atoms with Crippen LogP contribution in [0.4, 0.5) is 11.5 Å². The summed E-state index contributed by atoms with van der Waals surface area (Å²) in [6.45, 7) is 3.59. The topological polar surface area (TPSA) is 105 Å². The van der Waals surface area contributed by atoms with Gasteiger partial charge in [0.1, 0.15) is 11.3 Å². The van der Waals surface area contributed by atoms with Gasteiger partial charge in [-0.05, 0) is 0 Å². The number of pyridine rings is 1. The van der Waals surface area contributed by atoms with Gasteiger partial charge in [0, 0.05) is 27.1 Å². The first-order valence-electron chi connectivity index (χ1n) is 6.85. The Labute approximate surface area is 123 Å². The Balaban J connectivity index is 0.00000176. The number of aromatic nitrogens is 3. The molecule has 0 radical (unpaired) electrons. The average Bonchev–Trinajstić information content (AvgIpc) is 2.95. The van der Waals surface area contributed by atoms with E-state index in [9.17, 15) is 0 Å². The van der Waals surface area contributed by atoms with Crippen molar-refractivity contribution in [2.45, 2.75) is 13.0 Å². The second-order valence-electron chi connectivity index (χ2n) is 4.79. The molecule has 2 aromatic rings. The molecule has 8 heteroatoms. The van der Waals surface area contributed by atoms with Gasteiger partial charge in [0.15, 0.2) is 5.65 Å². The highest BCUT2D eigenvalue weighted by molar-refractivity contribution is 5.88. The Bertz CT molecular complexity index is 675. The molecule has 0 atom stereocenters. The molecule has 3 rings (SSSR count). The van der Waals surface area contributed by atoms with Gasteiger partial charge >= 0.3 is 0 Å². The molecule has 0 saturated carbocycles. The first-order chi connectivity index (χ1) is 10.3. The summed E-state index contributed by atoms with van der Waals surface area (Å²) in [5.74, 6) is 6.11. The molecule has 1 aliphatic heterocycles. The first-order valence-corrected chi connectivity index (χ1v) is 6.85. The Morgan fingerprint density at radius 3 is 3.00 bits per heavy atom. The average molecular weight is 289 g/mol. The number of hydrogen-bond acceptors (Lipinski definition) is 7. The van der Waals surface area contributed by atoms with E-state index >= 15 is 0 Å². The van der Waals surface area contributed by atoms with Crippen LogP contribution in [0.2, 0.25) is 0 Å². The molecule has 0 bridgehead atoms. The van der Waals surface area contributed by atoms with E-state index in [-0.39, 0.29) is 1.43 Å². The molecule has 0 amide bonds. The summed E-state index contributed by atoms with van der Waals surface area (Å²) in [6, 6.07) is 4.03. The van der Waals surface area contributed by atoms with Gasteiger partial charge in [0.05, 0.1) is 37.7 Å². The van der Waals surface area contributed by atoms with Gasteiger partial charge in [-0.1, -0.05) is 0 Å². The number of hydrazine groups is 1. The fraction of sp³-hybridized carbons (Fsp3) is 0.462. The van der Waals surface area contributed by atoms with Gasteiger partial charge in [0.2, 0.25) is 0 Å². The maximum absolute atomic E-state index is 8.74. The predicted molar refractivity (Wildman–Crippen MR) is 80.7 cm³/mol. The highest BCUT2D eigenvalue weighted by Gasteiger charge is 2.18. The molecule has 112 valence electrons. The van der Waals surface area contributed by atoms with E-state index in [2.05, 4.69) is 26.4 Å². The van der Waals surface area contributed by atoms with E-state index in [0.29, 0.717) is 32.0 Å². The van der Waals surface area contributed by atoms with Gasteiger partial charge in [-0.15, -0.1) is 0 Å². The van der Waals surface area contributed by atoms with Crippen LogP contribution in [0.3, 0.4) is 0 Å². The summed E-state index contributed by atoms with van der Waals surface area (Å²) >= 11 is 0. The smallest absolute Gasteiger partial charge is 0.164 e. The lowest BCUT2D eigenvalue weighted by atomic mass is 10.2. The fourth-order valence-electron chi connectivity index (χ4n) is 2.47. The third-order valence-corrected chi connectivity index (χ3v) is 3.52. The van der Waals surface area contributed by atoms with Gasteiger partial charge in [-0.3, -0.25) is 0 Å². The van der Waals surface area contributed by atoms with Crippen LogP contribution in [0, 0.1) is 11.3 Å². The van der Waals surface area contributed by atoms with Crippen molar-refractivity contribution in [1.82, 2.24) is 14.5 Å². The van der Waals surface area contributed by atoms with Crippen LogP contribution in [0.15, 0.2) is 12.4 Å². The predicted octanol–water partition coefficient (Wildman–Crippen LogP) is 0.713. The summed E-state index contributed by atoms with van der Waals surface area (Å²) in [5, 5.41) is 8.74. The Hall–Kier alpha value is -2.37. The highest BCUT2D eigenvalue weighted by atomic mass is 16.5. The number of nitrogen functional groups attached to an aromatic ring is 1. The number of anilines is 2. The minimum atomic E-state index is 0. The van der Waals surface area contributed by atoms with E-state index in [0.717, 1.165) is 29.9 Å². The second kappa shape index (κ2) is 5.95. The number of nitrogens with one attached hydrogen (secondary N) is 1. The largest absolute Gasteiger partial charge is 0.378 e. The maximum atomic E-state index is 8.74. The van der Waals surface area contributed by atoms with Gasteiger partial charge in [-0.2, -0.15) is 5.26 Å². The molecule has 3 N–H and O–H groups in total. The minimum absolute atomic E-state index is 0. The number of fused-ring (bicyclic) bond motifs is 1. The lowest BCUT2D eigenvalue weighted by Crippen LogP contribution is -2.36. The number of morpholine rings is 1. The number of imidazole rings is 1. The van der Waals surface area contributed by atoms with Crippen LogP contribution in [-0.4, -0.2) is 40.8 Å². The molecule has 21 heavy (non-hydrogen) atoms. The molecule has 1 aliphatic rings. The Kier molecular flexibility index (Phi) is 3.85. The molecule has 2 aromatic heterocycles. The third kappa shape index (κ3) is 2.61. The Morgan fingerprint density at radius 1 is 1.48 bits per heavy atom. The number of hydrogen-bond donors (Lipinski definition) is 2. The van der Waals surface area contributed by atoms with Crippen LogP contribution in [0.1, 0.15) is 7.85 Å². The summed E-state index contributed by atoms with van der Waals surface area (Å²) in [7, 11) is 0. The van der Waals surface area contributed by atoms with E-state index in [1.54, 1.807) is 6.33 Å². The quantitative estimate of drug-likeness (QED) is 0.631. The number of aryl methyl sites for hydroxylation is 1. The standard InChI is InChI=1S/C13H17N7O.H2/c14-2-1-3-20-9-16-12-10(19-4-6-21-7-5-19)8-11(18-15)17-13(12)20;/h8-9H,1,3-7,15H2,(H,17,18);1H. The molecule has 0 spiro atoms. The van der Waals surface area contributed by atoms with E-state index in [4.69, 9.17) is 15.8 Å². The van der Waals surface area contributed by atoms with Crippen LogP contribution in [0.5, 0.6) is 0 Å². The van der Waals surface area contributed by atoms with Gasteiger partial charge in [0.25, 0.3) is 0 Å². The van der Waals surface area contributed by atoms with Crippen molar-refractivity contribution in [1.29, 1.82) is 5.26 Å². The van der Waals surface area contributed by atoms with Crippen molar-refractivity contribution in [2.24, 2.45) is 5.84 Å². The molecule has 3 heterocycles. The summed E-state index contributed by atoms with van der Waals surface area (Å²) < 4.78 is 7.27. The number of rotatable bonds is 4. The van der Waals surface area contributed by atoms with Gasteiger partial charge < -0.3 is 19.6 Å². The maximum Gasteiger partial charge on any atom is 0.164 e. The van der Waals surface area contributed by atoms with Crippen LogP contribution < -0.4 is 16.2 Å². The van der Waals surface area contributed by atoms with Crippen molar-refractivity contribution in [3.8, 4) is 6.07 Å². The fourth-order valence-corrected chi connectivity index (χ4v) is 2.47. The molecular formula is C13H19N7O. The monoisotopic (exact) mass is 289 g/mol. The van der Waals surface area contributed by atoms with Crippen molar-refractivity contribution in [3.05, 3.63) is 12.4 Å². The van der Waals surface area contributed by atoms with E-state index in [1.165, 1.54) is 0 Å². The lowest BCUT2D eigenvalue weighted by molar-refractivity contribution is 0.123. The van der Waals surface area contributed by atoms with Crippen LogP contribution >= 0.6 is 0 Å². The molecule has 0 aromatic carbocycles. The van der Waals surface area contributed by atoms with Crippen LogP contribution in [-0.2, 0) is 11.3 Å². The second-order valence-corrected chi connectivity index (χ2v) is 4.79. The molecule has 1 saturated heterocycles. The van der Waals surface area contributed by atoms with Gasteiger partial charge in [-0.25, -0.2) is 15.8 Å². The zero-order valence-corrected chi connectivity index (χ0v) is 11.6. The summed E-state index contributed by atoms with van der Waals surface area (Å²) in [6.07, 6.45) is 2.14.